The number of fused-ring (bicyclic) bond motifs is 1. The van der Waals surface area contributed by atoms with Crippen LogP contribution in [-0.4, -0.2) is 42.7 Å². The van der Waals surface area contributed by atoms with Crippen LogP contribution in [0.4, 0.5) is 4.39 Å². The molecule has 0 unspecified atom stereocenters. The molecule has 0 aromatic heterocycles. The summed E-state index contributed by atoms with van der Waals surface area (Å²) in [6.07, 6.45) is 2.79. The van der Waals surface area contributed by atoms with Gasteiger partial charge in [0.05, 0.1) is 7.11 Å². The number of halogens is 1. The zero-order valence-corrected chi connectivity index (χ0v) is 15.5. The Hall–Kier alpha value is -2.60. The smallest absolute Gasteiger partial charge is 0.251 e. The van der Waals surface area contributed by atoms with Crippen LogP contribution in [0.2, 0.25) is 0 Å². The molecule has 6 heteroatoms. The Balaban J connectivity index is 1.39. The fourth-order valence-corrected chi connectivity index (χ4v) is 3.35. The molecule has 1 heterocycles. The Morgan fingerprint density at radius 3 is 2.74 bits per heavy atom. The van der Waals surface area contributed by atoms with Gasteiger partial charge in [-0.05, 0) is 73.3 Å². The first kappa shape index (κ1) is 19.2. The van der Waals surface area contributed by atoms with Crippen LogP contribution in [0.1, 0.15) is 34.3 Å². The molecule has 2 aromatic rings. The van der Waals surface area contributed by atoms with Gasteiger partial charge in [-0.25, -0.2) is 4.39 Å². The molecule has 2 aromatic carbocycles. The number of hydrogen-bond donors (Lipinski definition) is 2. The van der Waals surface area contributed by atoms with Gasteiger partial charge in [0.2, 0.25) is 0 Å². The predicted octanol–water partition coefficient (Wildman–Crippen LogP) is 3.11. The minimum absolute atomic E-state index is 0.175. The van der Waals surface area contributed by atoms with Crippen LogP contribution in [0.3, 0.4) is 0 Å². The van der Waals surface area contributed by atoms with E-state index in [-0.39, 0.29) is 17.5 Å². The maximum absolute atomic E-state index is 12.9. The summed E-state index contributed by atoms with van der Waals surface area (Å²) < 4.78 is 18.0. The number of nitrogens with one attached hydrogen (secondary N) is 1. The molecule has 0 bridgehead atoms. The Morgan fingerprint density at radius 2 is 2.00 bits per heavy atom. The number of benzene rings is 2. The molecule has 0 saturated heterocycles. The standard InChI is InChI=1S/C21H25FN2O3/c1-27-20-13-16-8-11-24(14-17(16)12-19(20)25)10-3-2-9-23-21(26)15-4-6-18(22)7-5-15/h4-7,12-13,25H,2-3,8-11,14H2,1H3,(H,23,26). The summed E-state index contributed by atoms with van der Waals surface area (Å²) in [5, 5.41) is 12.8. The minimum Gasteiger partial charge on any atom is -0.504 e. The van der Waals surface area contributed by atoms with Crippen molar-refractivity contribution in [3.8, 4) is 11.5 Å². The van der Waals surface area contributed by atoms with Gasteiger partial charge in [-0.3, -0.25) is 9.69 Å². The quantitative estimate of drug-likeness (QED) is 0.733. The number of nitrogens with zero attached hydrogens (tertiary/aromatic N) is 1. The maximum Gasteiger partial charge on any atom is 0.251 e. The number of methoxy groups -OCH3 is 1. The molecule has 0 aliphatic carbocycles. The Labute approximate surface area is 158 Å². The van der Waals surface area contributed by atoms with E-state index in [1.165, 1.54) is 29.8 Å². The summed E-state index contributed by atoms with van der Waals surface area (Å²) in [6, 6.07) is 9.27. The van der Waals surface area contributed by atoms with E-state index in [1.807, 2.05) is 6.07 Å². The van der Waals surface area contributed by atoms with Crippen molar-refractivity contribution in [2.45, 2.75) is 25.8 Å². The molecule has 0 atom stereocenters. The van der Waals surface area contributed by atoms with Crippen LogP contribution < -0.4 is 10.1 Å². The van der Waals surface area contributed by atoms with Crippen LogP contribution in [-0.2, 0) is 13.0 Å². The van der Waals surface area contributed by atoms with Gasteiger partial charge >= 0.3 is 0 Å². The van der Waals surface area contributed by atoms with Gasteiger partial charge in [-0.1, -0.05) is 0 Å². The summed E-state index contributed by atoms with van der Waals surface area (Å²) in [7, 11) is 1.56. The second kappa shape index (κ2) is 8.86. The third kappa shape index (κ3) is 4.98. The van der Waals surface area contributed by atoms with Crippen molar-refractivity contribution < 1.29 is 19.0 Å². The molecule has 0 saturated carbocycles. The normalized spacial score (nSPS) is 13.9. The highest BCUT2D eigenvalue weighted by Crippen LogP contribution is 2.32. The van der Waals surface area contributed by atoms with Crippen LogP contribution in [0.15, 0.2) is 36.4 Å². The number of phenolic OH excluding ortho intramolecular Hbond substituents is 1. The number of carbonyl (C=O) groups is 1. The first-order valence-corrected chi connectivity index (χ1v) is 9.21. The number of ether oxygens (including phenoxy) is 1. The van der Waals surface area contributed by atoms with Crippen LogP contribution in [0.25, 0.3) is 0 Å². The zero-order chi connectivity index (χ0) is 19.2. The number of aromatic hydroxyl groups is 1. The van der Waals surface area contributed by atoms with Crippen molar-refractivity contribution in [2.24, 2.45) is 0 Å². The lowest BCUT2D eigenvalue weighted by molar-refractivity contribution is 0.0952. The van der Waals surface area contributed by atoms with Gasteiger partial charge in [0.25, 0.3) is 5.91 Å². The molecule has 3 rings (SSSR count). The van der Waals surface area contributed by atoms with Crippen molar-refractivity contribution in [1.29, 1.82) is 0 Å². The average Bonchev–Trinajstić information content (AvgIpc) is 2.67. The predicted molar refractivity (Wildman–Crippen MR) is 102 cm³/mol. The topological polar surface area (TPSA) is 61.8 Å². The van der Waals surface area contributed by atoms with Gasteiger partial charge < -0.3 is 15.2 Å². The lowest BCUT2D eigenvalue weighted by Gasteiger charge is -2.29. The maximum atomic E-state index is 12.9. The Kier molecular flexibility index (Phi) is 6.29. The fraction of sp³-hybridized carbons (Fsp3) is 0.381. The average molecular weight is 372 g/mol. The molecule has 0 spiro atoms. The van der Waals surface area contributed by atoms with Crippen LogP contribution in [0, 0.1) is 5.82 Å². The molecule has 1 amide bonds. The summed E-state index contributed by atoms with van der Waals surface area (Å²) in [5.74, 6) is 0.188. The second-order valence-corrected chi connectivity index (χ2v) is 6.79. The zero-order valence-electron chi connectivity index (χ0n) is 15.5. The molecule has 1 aliphatic heterocycles. The molecular weight excluding hydrogens is 347 g/mol. The van der Waals surface area contributed by atoms with E-state index in [2.05, 4.69) is 10.2 Å². The first-order valence-electron chi connectivity index (χ1n) is 9.21. The highest BCUT2D eigenvalue weighted by Gasteiger charge is 2.18. The third-order valence-electron chi connectivity index (χ3n) is 4.89. The monoisotopic (exact) mass is 372 g/mol. The summed E-state index contributed by atoms with van der Waals surface area (Å²) >= 11 is 0. The first-order chi connectivity index (χ1) is 13.1. The summed E-state index contributed by atoms with van der Waals surface area (Å²) in [4.78, 5) is 14.3. The molecule has 0 fully saturated rings. The van der Waals surface area contributed by atoms with E-state index in [4.69, 9.17) is 4.74 Å². The van der Waals surface area contributed by atoms with Gasteiger partial charge in [0.15, 0.2) is 11.5 Å². The number of carbonyl (C=O) groups excluding carboxylic acids is 1. The lowest BCUT2D eigenvalue weighted by atomic mass is 9.98. The molecule has 5 nitrogen and oxygen atoms in total. The van der Waals surface area contributed by atoms with Gasteiger partial charge in [0, 0.05) is 25.2 Å². The SMILES string of the molecule is COc1cc2c(cc1O)CN(CCCCNC(=O)c1ccc(F)cc1)CC2. The number of amides is 1. The van der Waals surface area contributed by atoms with E-state index in [1.54, 1.807) is 13.2 Å². The number of unbranched alkanes of at least 4 members (excludes halogenated alkanes) is 1. The lowest BCUT2D eigenvalue weighted by Crippen LogP contribution is -2.32. The summed E-state index contributed by atoms with van der Waals surface area (Å²) in [5.41, 5.74) is 2.84. The van der Waals surface area contributed by atoms with Gasteiger partial charge in [-0.2, -0.15) is 0 Å². The second-order valence-electron chi connectivity index (χ2n) is 6.79. The molecule has 144 valence electrons. The highest BCUT2D eigenvalue weighted by molar-refractivity contribution is 5.94. The largest absolute Gasteiger partial charge is 0.504 e. The van der Waals surface area contributed by atoms with E-state index in [0.717, 1.165) is 44.5 Å². The van der Waals surface area contributed by atoms with E-state index in [9.17, 15) is 14.3 Å². The fourth-order valence-electron chi connectivity index (χ4n) is 3.35. The van der Waals surface area contributed by atoms with Crippen molar-refractivity contribution in [3.05, 3.63) is 58.9 Å². The molecule has 27 heavy (non-hydrogen) atoms. The third-order valence-corrected chi connectivity index (χ3v) is 4.89. The van der Waals surface area contributed by atoms with Crippen molar-refractivity contribution in [2.75, 3.05) is 26.7 Å². The van der Waals surface area contributed by atoms with Crippen LogP contribution in [0.5, 0.6) is 11.5 Å². The van der Waals surface area contributed by atoms with Gasteiger partial charge in [0.1, 0.15) is 5.82 Å². The summed E-state index contributed by atoms with van der Waals surface area (Å²) in [6.45, 7) is 3.33. The molecule has 2 N–H and O–H groups in total. The molecular formula is C21H25FN2O3. The van der Waals surface area contributed by atoms with Crippen LogP contribution >= 0.6 is 0 Å². The number of hydrogen-bond acceptors (Lipinski definition) is 4. The van der Waals surface area contributed by atoms with Crippen molar-refractivity contribution >= 4 is 5.91 Å². The van der Waals surface area contributed by atoms with E-state index < -0.39 is 0 Å². The highest BCUT2D eigenvalue weighted by atomic mass is 19.1. The van der Waals surface area contributed by atoms with E-state index in [0.29, 0.717) is 17.9 Å². The van der Waals surface area contributed by atoms with Crippen molar-refractivity contribution in [1.82, 2.24) is 10.2 Å². The Bertz CT molecular complexity index is 793. The molecule has 0 radical (unpaired) electrons. The molecule has 1 aliphatic rings. The van der Waals surface area contributed by atoms with E-state index >= 15 is 0 Å². The minimum atomic E-state index is -0.346. The van der Waals surface area contributed by atoms with Gasteiger partial charge in [-0.15, -0.1) is 0 Å². The van der Waals surface area contributed by atoms with Crippen molar-refractivity contribution in [3.63, 3.8) is 0 Å². The number of rotatable bonds is 7. The Morgan fingerprint density at radius 1 is 1.22 bits per heavy atom. The number of phenols is 1.